The highest BCUT2D eigenvalue weighted by molar-refractivity contribution is 7.89. The number of rotatable bonds is 4. The Morgan fingerprint density at radius 2 is 2.17 bits per heavy atom. The molecule has 18 heavy (non-hydrogen) atoms. The first kappa shape index (κ1) is 14.2. The lowest BCUT2D eigenvalue weighted by molar-refractivity contribution is -0.117. The molecule has 0 fully saturated rings. The van der Waals surface area contributed by atoms with Crippen LogP contribution in [-0.2, 0) is 14.8 Å². The molecule has 1 aromatic carbocycles. The van der Waals surface area contributed by atoms with Gasteiger partial charge in [-0.3, -0.25) is 4.79 Å². The van der Waals surface area contributed by atoms with Crippen LogP contribution in [0.15, 0.2) is 29.2 Å². The van der Waals surface area contributed by atoms with Crippen LogP contribution in [0.2, 0.25) is 0 Å². The molecule has 0 spiro atoms. The van der Waals surface area contributed by atoms with Crippen LogP contribution in [0.3, 0.4) is 0 Å². The first-order valence-electron chi connectivity index (χ1n) is 4.97. The zero-order valence-electron chi connectivity index (χ0n) is 9.46. The first-order valence-corrected chi connectivity index (χ1v) is 6.52. The van der Waals surface area contributed by atoms with Crippen molar-refractivity contribution in [3.63, 3.8) is 0 Å². The number of amides is 1. The van der Waals surface area contributed by atoms with Gasteiger partial charge in [0.15, 0.2) is 0 Å². The Hall–Kier alpha value is -1.88. The number of carbonyl (C=O) groups excluding carboxylic acids is 1. The summed E-state index contributed by atoms with van der Waals surface area (Å²) >= 11 is 0. The number of nitrogens with one attached hydrogen (secondary N) is 1. The van der Waals surface area contributed by atoms with Crippen LogP contribution in [-0.4, -0.2) is 20.4 Å². The summed E-state index contributed by atoms with van der Waals surface area (Å²) in [5.41, 5.74) is 5.79. The van der Waals surface area contributed by atoms with Gasteiger partial charge in [-0.15, -0.1) is 12.3 Å². The van der Waals surface area contributed by atoms with Crippen molar-refractivity contribution in [2.75, 3.05) is 5.32 Å². The van der Waals surface area contributed by atoms with Gasteiger partial charge in [0.25, 0.3) is 0 Å². The summed E-state index contributed by atoms with van der Waals surface area (Å²) < 4.78 is 22.2. The smallest absolute Gasteiger partial charge is 0.242 e. The Morgan fingerprint density at radius 3 is 2.72 bits per heavy atom. The number of anilines is 1. The summed E-state index contributed by atoms with van der Waals surface area (Å²) in [6, 6.07) is 4.72. The molecule has 0 aliphatic carbocycles. The van der Waals surface area contributed by atoms with E-state index in [1.165, 1.54) is 24.3 Å². The van der Waals surface area contributed by atoms with Crippen LogP contribution in [0, 0.1) is 12.3 Å². The Labute approximate surface area is 105 Å². The van der Waals surface area contributed by atoms with Gasteiger partial charge >= 0.3 is 0 Å². The molecule has 1 aromatic rings. The first-order chi connectivity index (χ1) is 8.34. The van der Waals surface area contributed by atoms with Crippen LogP contribution < -0.4 is 16.2 Å². The van der Waals surface area contributed by atoms with Gasteiger partial charge in [0.1, 0.15) is 0 Å². The van der Waals surface area contributed by atoms with Crippen molar-refractivity contribution < 1.29 is 13.2 Å². The van der Waals surface area contributed by atoms with Gasteiger partial charge in [-0.2, -0.15) is 0 Å². The predicted molar refractivity (Wildman–Crippen MR) is 67.9 cm³/mol. The van der Waals surface area contributed by atoms with E-state index in [0.717, 1.165) is 0 Å². The van der Waals surface area contributed by atoms with E-state index in [0.29, 0.717) is 5.69 Å². The minimum absolute atomic E-state index is 0.0918. The topological polar surface area (TPSA) is 115 Å². The fraction of sp³-hybridized carbons (Fsp3) is 0.182. The van der Waals surface area contributed by atoms with Gasteiger partial charge < -0.3 is 11.1 Å². The summed E-state index contributed by atoms with van der Waals surface area (Å²) in [4.78, 5) is 11.5. The average Bonchev–Trinajstić information content (AvgIpc) is 2.28. The molecule has 5 N–H and O–H groups in total. The number of hydrogen-bond acceptors (Lipinski definition) is 4. The van der Waals surface area contributed by atoms with Crippen molar-refractivity contribution in [3.05, 3.63) is 24.3 Å². The minimum Gasteiger partial charge on any atom is -0.325 e. The lowest BCUT2D eigenvalue weighted by Gasteiger charge is -2.10. The van der Waals surface area contributed by atoms with Gasteiger partial charge in [0.2, 0.25) is 15.9 Å². The second-order valence-electron chi connectivity index (χ2n) is 3.58. The number of nitrogens with two attached hydrogens (primary N) is 2. The minimum atomic E-state index is -3.81. The van der Waals surface area contributed by atoms with E-state index in [-0.39, 0.29) is 11.3 Å². The average molecular weight is 267 g/mol. The molecule has 0 bridgehead atoms. The molecule has 0 aliphatic heterocycles. The van der Waals surface area contributed by atoms with E-state index in [1.807, 2.05) is 0 Å². The predicted octanol–water partition coefficient (Wildman–Crippen LogP) is -0.377. The SMILES string of the molecule is C#CCC(N)C(=O)Nc1cccc(S(N)(=O)=O)c1. The van der Waals surface area contributed by atoms with Gasteiger partial charge in [0, 0.05) is 12.1 Å². The van der Waals surface area contributed by atoms with Crippen LogP contribution in [0.1, 0.15) is 6.42 Å². The summed E-state index contributed by atoms with van der Waals surface area (Å²) in [5, 5.41) is 7.43. The quantitative estimate of drug-likeness (QED) is 0.645. The molecule has 0 saturated heterocycles. The van der Waals surface area contributed by atoms with Gasteiger partial charge in [-0.05, 0) is 18.2 Å². The molecule has 0 saturated carbocycles. The number of benzene rings is 1. The number of terminal acetylenes is 1. The van der Waals surface area contributed by atoms with E-state index >= 15 is 0 Å². The molecule has 1 rings (SSSR count). The van der Waals surface area contributed by atoms with Crippen LogP contribution in [0.4, 0.5) is 5.69 Å². The zero-order chi connectivity index (χ0) is 13.8. The standard InChI is InChI=1S/C11H13N3O3S/c1-2-4-10(12)11(15)14-8-5-3-6-9(7-8)18(13,16)17/h1,3,5-7,10H,4,12H2,(H,14,15)(H2,13,16,17). The third-order valence-electron chi connectivity index (χ3n) is 2.10. The Morgan fingerprint density at radius 1 is 1.50 bits per heavy atom. The Bertz CT molecular complexity index is 590. The highest BCUT2D eigenvalue weighted by atomic mass is 32.2. The third-order valence-corrected chi connectivity index (χ3v) is 3.02. The van der Waals surface area contributed by atoms with E-state index in [9.17, 15) is 13.2 Å². The highest BCUT2D eigenvalue weighted by Crippen LogP contribution is 2.14. The molecule has 1 atom stereocenters. The molecule has 0 radical (unpaired) electrons. The largest absolute Gasteiger partial charge is 0.325 e. The second-order valence-corrected chi connectivity index (χ2v) is 5.14. The lowest BCUT2D eigenvalue weighted by atomic mass is 10.2. The van der Waals surface area contributed by atoms with Crippen molar-refractivity contribution in [2.24, 2.45) is 10.9 Å². The maximum Gasteiger partial charge on any atom is 0.242 e. The zero-order valence-corrected chi connectivity index (χ0v) is 10.3. The van der Waals surface area contributed by atoms with Gasteiger partial charge in [-0.1, -0.05) is 6.07 Å². The molecular weight excluding hydrogens is 254 g/mol. The molecule has 0 heterocycles. The molecule has 96 valence electrons. The summed E-state index contributed by atoms with van der Waals surface area (Å²) in [6.45, 7) is 0. The maximum absolute atomic E-state index is 11.6. The van der Waals surface area contributed by atoms with E-state index < -0.39 is 22.0 Å². The lowest BCUT2D eigenvalue weighted by Crippen LogP contribution is -2.35. The number of hydrogen-bond donors (Lipinski definition) is 3. The second kappa shape index (κ2) is 5.64. The van der Waals surface area contributed by atoms with Crippen LogP contribution >= 0.6 is 0 Å². The molecule has 6 nitrogen and oxygen atoms in total. The van der Waals surface area contributed by atoms with Crippen molar-refractivity contribution in [1.82, 2.24) is 0 Å². The fourth-order valence-electron chi connectivity index (χ4n) is 1.21. The molecule has 7 heteroatoms. The monoisotopic (exact) mass is 267 g/mol. The van der Waals surface area contributed by atoms with Gasteiger partial charge in [-0.25, -0.2) is 13.6 Å². The van der Waals surface area contributed by atoms with Crippen molar-refractivity contribution in [3.8, 4) is 12.3 Å². The molecule has 0 aromatic heterocycles. The molecule has 1 unspecified atom stereocenters. The Balaban J connectivity index is 2.87. The van der Waals surface area contributed by atoms with E-state index in [2.05, 4.69) is 11.2 Å². The number of sulfonamides is 1. The number of carbonyl (C=O) groups is 1. The molecule has 0 aliphatic rings. The van der Waals surface area contributed by atoms with E-state index in [4.69, 9.17) is 17.3 Å². The van der Waals surface area contributed by atoms with Crippen LogP contribution in [0.5, 0.6) is 0 Å². The van der Waals surface area contributed by atoms with Crippen molar-refractivity contribution in [2.45, 2.75) is 17.4 Å². The van der Waals surface area contributed by atoms with E-state index in [1.54, 1.807) is 0 Å². The van der Waals surface area contributed by atoms with Crippen molar-refractivity contribution >= 4 is 21.6 Å². The van der Waals surface area contributed by atoms with Crippen LogP contribution in [0.25, 0.3) is 0 Å². The summed E-state index contributed by atoms with van der Waals surface area (Å²) in [7, 11) is -3.81. The van der Waals surface area contributed by atoms with Gasteiger partial charge in [0.05, 0.1) is 10.9 Å². The number of primary sulfonamides is 1. The normalized spacial score (nSPS) is 12.5. The molecule has 1 amide bonds. The third kappa shape index (κ3) is 3.85. The fourth-order valence-corrected chi connectivity index (χ4v) is 1.76. The highest BCUT2D eigenvalue weighted by Gasteiger charge is 2.13. The molecular formula is C11H13N3O3S. The van der Waals surface area contributed by atoms with Crippen molar-refractivity contribution in [1.29, 1.82) is 0 Å². The summed E-state index contributed by atoms with van der Waals surface area (Å²) in [5.74, 6) is 1.78. The maximum atomic E-state index is 11.6. The summed E-state index contributed by atoms with van der Waals surface area (Å²) in [6.07, 6.45) is 5.13. The Kier molecular flexibility index (Phi) is 4.44.